The quantitative estimate of drug-likeness (QED) is 0.0427. The second-order valence-electron chi connectivity index (χ2n) is 13.9. The van der Waals surface area contributed by atoms with Gasteiger partial charge in [-0.1, -0.05) is 115 Å². The van der Waals surface area contributed by atoms with Gasteiger partial charge in [-0.05, 0) is 97.7 Å². The van der Waals surface area contributed by atoms with E-state index < -0.39 is 21.8 Å². The summed E-state index contributed by atoms with van der Waals surface area (Å²) < 4.78 is 15.7. The van der Waals surface area contributed by atoms with Crippen LogP contribution in [-0.2, 0) is 34.9 Å². The van der Waals surface area contributed by atoms with Crippen molar-refractivity contribution < 1.29 is 50.2 Å². The Morgan fingerprint density at radius 2 is 1.20 bits per heavy atom. The monoisotopic (exact) mass is 943 g/mol. The number of aliphatic imine (C=N–C) groups is 2. The molecule has 2 aliphatic heterocycles. The van der Waals surface area contributed by atoms with E-state index in [0.717, 1.165) is 63.0 Å². The van der Waals surface area contributed by atoms with E-state index >= 15 is 0 Å². The molecule has 0 bridgehead atoms. The third kappa shape index (κ3) is 52.5. The summed E-state index contributed by atoms with van der Waals surface area (Å²) in [6, 6.07) is 8.97. The van der Waals surface area contributed by atoms with Gasteiger partial charge >= 0.3 is 15.5 Å². The Morgan fingerprint density at radius 1 is 0.767 bits per heavy atom. The van der Waals surface area contributed by atoms with Crippen LogP contribution in [0.5, 0.6) is 0 Å². The Kier molecular flexibility index (Phi) is 64.5. The van der Waals surface area contributed by atoms with Crippen molar-refractivity contribution in [2.75, 3.05) is 32.9 Å². The zero-order chi connectivity index (χ0) is 45.2. The van der Waals surface area contributed by atoms with Crippen LogP contribution >= 0.6 is 0 Å². The number of aliphatic hydroxyl groups excluding tert-OH is 1. The molecule has 0 spiro atoms. The van der Waals surface area contributed by atoms with Crippen molar-refractivity contribution in [1.29, 1.82) is 0 Å². The second kappa shape index (κ2) is 57.4. The Morgan fingerprint density at radius 3 is 1.48 bits per heavy atom. The molecule has 3 N–H and O–H groups in total. The molecule has 60 heavy (non-hydrogen) atoms. The van der Waals surface area contributed by atoms with Crippen molar-refractivity contribution in [3.05, 3.63) is 54.4 Å². The fraction of sp³-hybridized carbons (Fsp3) is 0.739. The molecule has 0 atom stereocenters. The summed E-state index contributed by atoms with van der Waals surface area (Å²) in [4.78, 5) is 23.7. The van der Waals surface area contributed by atoms with Gasteiger partial charge in [0.25, 0.3) is 0 Å². The van der Waals surface area contributed by atoms with Crippen LogP contribution in [0.25, 0.3) is 0 Å². The Labute approximate surface area is 387 Å². The Bertz CT molecular complexity index is 1080. The molecule has 1 aromatic heterocycles. The van der Waals surface area contributed by atoms with Gasteiger partial charge < -0.3 is 28.6 Å². The fourth-order valence-corrected chi connectivity index (χ4v) is 7.49. The molecule has 0 fully saturated rings. The van der Waals surface area contributed by atoms with Gasteiger partial charge in [0.1, 0.15) is 0 Å². The average Bonchev–Trinajstić information content (AvgIpc) is 3.97. The van der Waals surface area contributed by atoms with Crippen LogP contribution in [0.4, 0.5) is 0 Å². The molecule has 14 heteroatoms. The number of carbonyl (C=O) groups is 1. The number of aliphatic hydroxyl groups is 2. The molecule has 0 saturated heterocycles. The standard InChI is InChI=1S/C13H15N3.C8H18O2.C8H16O2.C6H16O3Si.C4H12Si.C4H10Si.C3H6.Co/c1-4-12(10-6-2-8-14-10)16-13(5-1)11-7-3-9-15-11;2*1-2-3-4-5-6-7-8(9)10;1-4-7-10(8-5-2)9-6-3;2*1-2-3-4-5;1-3-2;/h1,4-5H,2-3,6-9H2;8-10H,2-7H2,1H3;2-7H2,1H3,(H,9,10);10H,4-6H2,1-3H3;2-4H2,1,5H3;2-3H,4H2,1,5H3;3H,1H2,2H3;. The summed E-state index contributed by atoms with van der Waals surface area (Å²) in [5.74, 6) is -0.670. The predicted molar refractivity (Wildman–Crippen MR) is 265 cm³/mol. The van der Waals surface area contributed by atoms with Crippen molar-refractivity contribution in [2.24, 2.45) is 9.98 Å². The van der Waals surface area contributed by atoms with E-state index in [0.29, 0.717) is 32.7 Å². The van der Waals surface area contributed by atoms with Crippen molar-refractivity contribution >= 4 is 47.4 Å². The van der Waals surface area contributed by atoms with Crippen molar-refractivity contribution in [3.63, 3.8) is 0 Å². The minimum absolute atomic E-state index is 0. The van der Waals surface area contributed by atoms with Crippen LogP contribution in [0.15, 0.2) is 53.0 Å². The summed E-state index contributed by atoms with van der Waals surface area (Å²) >= 11 is 0. The minimum atomic E-state index is -1.73. The first kappa shape index (κ1) is 67.5. The number of carboxylic acid groups (broad SMARTS) is 1. The normalized spacial score (nSPS) is 12.3. The largest absolute Gasteiger partial charge is 0.484 e. The molecule has 2 aliphatic rings. The van der Waals surface area contributed by atoms with E-state index in [-0.39, 0.29) is 16.8 Å². The first-order valence-corrected chi connectivity index (χ1v) is 27.5. The van der Waals surface area contributed by atoms with Gasteiger partial charge in [-0.2, -0.15) is 0 Å². The molecule has 3 heterocycles. The molecule has 0 saturated carbocycles. The number of unbranched alkanes of at least 4 members (excludes halogenated alkanes) is 9. The first-order valence-electron chi connectivity index (χ1n) is 23.2. The van der Waals surface area contributed by atoms with Crippen LogP contribution in [0.3, 0.4) is 0 Å². The number of nitrogens with zero attached hydrogens (tertiary/aromatic N) is 3. The molecule has 1 radical (unpaired) electrons. The van der Waals surface area contributed by atoms with Crippen molar-refractivity contribution in [3.8, 4) is 0 Å². The third-order valence-electron chi connectivity index (χ3n) is 8.24. The maximum absolute atomic E-state index is 10.0. The molecule has 0 aromatic carbocycles. The molecule has 3 rings (SSSR count). The smallest absolute Gasteiger partial charge is 0.481 e. The van der Waals surface area contributed by atoms with Gasteiger partial charge in [0, 0.05) is 76.6 Å². The topological polar surface area (TPSA) is 143 Å². The van der Waals surface area contributed by atoms with Crippen LogP contribution in [0, 0.1) is 0 Å². The van der Waals surface area contributed by atoms with Crippen LogP contribution in [-0.4, -0.2) is 107 Å². The zero-order valence-corrected chi connectivity index (χ0v) is 46.3. The summed E-state index contributed by atoms with van der Waals surface area (Å²) in [5, 5.41) is 25.2. The molecule has 355 valence electrons. The van der Waals surface area contributed by atoms with Crippen LogP contribution < -0.4 is 0 Å². The Hall–Kier alpha value is -1.60. The SMILES string of the molecule is C=CC.CC=CC[SiH3].CCCCCCCC(=O)O.CCCCCCCC(O)O.CCCC[SiH3].CCO[SiH](OCC)OCC.[Co].c1cc(C2=NCCC2)nc(C2=NCCC2)c1. The molecule has 0 unspecified atom stereocenters. The van der Waals surface area contributed by atoms with E-state index in [1.807, 2.05) is 27.7 Å². The number of allylic oxidation sites excluding steroid dienone is 3. The first-order chi connectivity index (χ1) is 28.6. The number of aromatic nitrogens is 1. The van der Waals surface area contributed by atoms with Gasteiger partial charge in [-0.3, -0.25) is 14.8 Å². The zero-order valence-electron chi connectivity index (χ0n) is 40.2. The molecule has 0 aliphatic carbocycles. The second-order valence-corrected chi connectivity index (χ2v) is 17.3. The summed E-state index contributed by atoms with van der Waals surface area (Å²) in [6.45, 7) is 23.6. The summed E-state index contributed by atoms with van der Waals surface area (Å²) in [5.41, 5.74) is 4.43. The van der Waals surface area contributed by atoms with Crippen LogP contribution in [0.2, 0.25) is 12.1 Å². The number of carboxylic acids is 1. The van der Waals surface area contributed by atoms with Crippen LogP contribution in [0.1, 0.15) is 182 Å². The number of hydrogen-bond donors (Lipinski definition) is 3. The maximum Gasteiger partial charge on any atom is 0.484 e. The summed E-state index contributed by atoms with van der Waals surface area (Å²) in [6.07, 6.45) is 24.5. The van der Waals surface area contributed by atoms with Gasteiger partial charge in [0.05, 0.1) is 22.8 Å². The molecule has 10 nitrogen and oxygen atoms in total. The number of hydrogen-bond acceptors (Lipinski definition) is 9. The third-order valence-corrected chi connectivity index (χ3v) is 11.2. The van der Waals surface area contributed by atoms with Gasteiger partial charge in [-0.15, -0.1) is 6.58 Å². The van der Waals surface area contributed by atoms with Gasteiger partial charge in [-0.25, -0.2) is 4.98 Å². The molecular formula is C46H93CoN3O7Si3. The Balaban J connectivity index is -0.000000207. The van der Waals surface area contributed by atoms with Crippen molar-refractivity contribution in [1.82, 2.24) is 4.98 Å². The van der Waals surface area contributed by atoms with E-state index in [1.165, 1.54) is 108 Å². The predicted octanol–water partition coefficient (Wildman–Crippen LogP) is 9.26. The summed E-state index contributed by atoms with van der Waals surface area (Å²) in [7, 11) is 0.977. The number of pyridine rings is 1. The van der Waals surface area contributed by atoms with E-state index in [9.17, 15) is 4.79 Å². The van der Waals surface area contributed by atoms with E-state index in [2.05, 4.69) is 79.6 Å². The minimum Gasteiger partial charge on any atom is -0.481 e. The number of rotatable bonds is 23. The molecule has 1 aromatic rings. The van der Waals surface area contributed by atoms with E-state index in [1.54, 1.807) is 6.08 Å². The van der Waals surface area contributed by atoms with Crippen molar-refractivity contribution in [2.45, 2.75) is 189 Å². The van der Waals surface area contributed by atoms with Gasteiger partial charge in [0.2, 0.25) is 0 Å². The van der Waals surface area contributed by atoms with E-state index in [4.69, 9.17) is 28.6 Å². The maximum atomic E-state index is 10.0. The number of aliphatic carboxylic acids is 1. The molecule has 0 amide bonds. The fourth-order valence-electron chi connectivity index (χ4n) is 5.21. The average molecular weight is 943 g/mol. The molecular weight excluding hydrogens is 850 g/mol. The van der Waals surface area contributed by atoms with Gasteiger partial charge in [0.15, 0.2) is 6.29 Å².